The van der Waals surface area contributed by atoms with E-state index in [1.54, 1.807) is 0 Å². The first kappa shape index (κ1) is 20.4. The average Bonchev–Trinajstić information content (AvgIpc) is 3.48. The zero-order valence-corrected chi connectivity index (χ0v) is 18.5. The average molecular weight is 419 g/mol. The quantitative estimate of drug-likeness (QED) is 0.221. The molecule has 2 aliphatic rings. The van der Waals surface area contributed by atoms with Crippen LogP contribution in [0.1, 0.15) is 11.1 Å². The van der Waals surface area contributed by atoms with Crippen molar-refractivity contribution in [1.29, 1.82) is 0 Å². The lowest BCUT2D eigenvalue weighted by Crippen LogP contribution is -2.30. The van der Waals surface area contributed by atoms with Crippen LogP contribution >= 0.6 is 0 Å². The number of allylic oxidation sites excluding steroid dienone is 4. The monoisotopic (exact) mass is 418 g/mol. The number of nitrogens with zero attached hydrogens (tertiary/aromatic N) is 4. The molecule has 0 aliphatic heterocycles. The smallest absolute Gasteiger partial charge is 0.0460 e. The lowest BCUT2D eigenvalue weighted by Gasteiger charge is -2.42. The van der Waals surface area contributed by atoms with Crippen molar-refractivity contribution >= 4 is 20.1 Å². The molecule has 0 spiro atoms. The molecule has 0 saturated carbocycles. The second-order valence-corrected chi connectivity index (χ2v) is 10.9. The van der Waals surface area contributed by atoms with Gasteiger partial charge in [-0.1, -0.05) is 110 Å². The Hall–Kier alpha value is -3.88. The number of aliphatic imine (C=N–C) groups is 2. The van der Waals surface area contributed by atoms with Crippen LogP contribution in [0, 0.1) is 0 Å². The molecule has 2 aliphatic carbocycles. The molecule has 0 aromatic heterocycles. The van der Waals surface area contributed by atoms with Gasteiger partial charge in [0.05, 0.1) is 0 Å². The fraction of sp³-hybridized carbons (Fsp3) is 0.0769. The van der Waals surface area contributed by atoms with Gasteiger partial charge in [0.2, 0.25) is 0 Å². The molecule has 0 unspecified atom stereocenters. The van der Waals surface area contributed by atoms with Gasteiger partial charge in [0.25, 0.3) is 0 Å². The van der Waals surface area contributed by atoms with Crippen LogP contribution in [0.5, 0.6) is 0 Å². The molecule has 2 aromatic rings. The van der Waals surface area contributed by atoms with Crippen LogP contribution in [0.15, 0.2) is 130 Å². The van der Waals surface area contributed by atoms with Crippen molar-refractivity contribution < 1.29 is 0 Å². The fourth-order valence-corrected chi connectivity index (χ4v) is 4.48. The second-order valence-electron chi connectivity index (χ2n) is 7.43. The topological polar surface area (TPSA) is 52.9 Å². The minimum absolute atomic E-state index is 0.663. The number of hydrogen-bond acceptors (Lipinski definition) is 2. The van der Waals surface area contributed by atoms with Crippen molar-refractivity contribution in [1.82, 2.24) is 0 Å². The molecular formula is C26H22N4Si-2. The highest BCUT2D eigenvalue weighted by Gasteiger charge is 2.13. The summed E-state index contributed by atoms with van der Waals surface area (Å²) < 4.78 is 0. The van der Waals surface area contributed by atoms with Gasteiger partial charge < -0.3 is 19.9 Å². The summed E-state index contributed by atoms with van der Waals surface area (Å²) in [6.07, 6.45) is 11.4. The van der Waals surface area contributed by atoms with Gasteiger partial charge >= 0.3 is 0 Å². The molecule has 0 bridgehead atoms. The Morgan fingerprint density at radius 3 is 1.45 bits per heavy atom. The predicted molar refractivity (Wildman–Crippen MR) is 132 cm³/mol. The van der Waals surface area contributed by atoms with Crippen molar-refractivity contribution in [3.05, 3.63) is 141 Å². The summed E-state index contributed by atoms with van der Waals surface area (Å²) in [5.41, 5.74) is 9.69. The van der Waals surface area contributed by atoms with E-state index in [1.807, 2.05) is 97.1 Å². The van der Waals surface area contributed by atoms with E-state index in [-0.39, 0.29) is 0 Å². The maximum absolute atomic E-state index is 5.06. The molecule has 0 radical (unpaired) electrons. The largest absolute Gasteiger partial charge is 0.473 e. The molecule has 4 nitrogen and oxygen atoms in total. The van der Waals surface area contributed by atoms with E-state index in [1.165, 1.54) is 0 Å². The van der Waals surface area contributed by atoms with Crippen LogP contribution in [0.3, 0.4) is 0 Å². The van der Waals surface area contributed by atoms with E-state index >= 15 is 0 Å². The lowest BCUT2D eigenvalue weighted by atomic mass is 10.2. The molecule has 2 aromatic carbocycles. The van der Waals surface area contributed by atoms with Crippen molar-refractivity contribution in [2.45, 2.75) is 13.1 Å². The second kappa shape index (κ2) is 9.29. The summed E-state index contributed by atoms with van der Waals surface area (Å²) in [5.74, 6) is 1.33. The van der Waals surface area contributed by atoms with E-state index in [4.69, 9.17) is 19.9 Å². The Morgan fingerprint density at radius 1 is 0.677 bits per heavy atom. The Bertz CT molecular complexity index is 1110. The van der Waals surface area contributed by atoms with Crippen LogP contribution in [-0.2, 0) is 0 Å². The maximum atomic E-state index is 5.06. The minimum atomic E-state index is -2.50. The Balaban J connectivity index is 1.65. The Kier molecular flexibility index (Phi) is 6.11. The van der Waals surface area contributed by atoms with Crippen LogP contribution in [0.4, 0.5) is 0 Å². The molecule has 0 heterocycles. The number of hydrogen-bond donors (Lipinski definition) is 0. The third kappa shape index (κ3) is 5.59. The molecule has 31 heavy (non-hydrogen) atoms. The third-order valence-electron chi connectivity index (χ3n) is 4.44. The molecule has 0 saturated heterocycles. The molecular weight excluding hydrogens is 396 g/mol. The highest BCUT2D eigenvalue weighted by atomic mass is 28.3. The minimum Gasteiger partial charge on any atom is -0.473 e. The zero-order chi connectivity index (χ0) is 21.5. The van der Waals surface area contributed by atoms with E-state index in [2.05, 4.69) is 24.6 Å². The first-order chi connectivity index (χ1) is 15.1. The molecule has 5 heteroatoms. The van der Waals surface area contributed by atoms with Crippen molar-refractivity contribution in [2.75, 3.05) is 0 Å². The zero-order valence-electron chi connectivity index (χ0n) is 17.5. The van der Waals surface area contributed by atoms with Gasteiger partial charge in [-0.25, -0.2) is 0 Å². The number of rotatable bonds is 6. The number of amidine groups is 2. The summed E-state index contributed by atoms with van der Waals surface area (Å²) in [6, 6.07) is 20.0. The maximum Gasteiger partial charge on any atom is 0.0460 e. The first-order valence-corrected chi connectivity index (χ1v) is 13.0. The molecule has 0 fully saturated rings. The van der Waals surface area contributed by atoms with Gasteiger partial charge in [-0.3, -0.25) is 0 Å². The van der Waals surface area contributed by atoms with Gasteiger partial charge in [-0.05, 0) is 23.3 Å². The van der Waals surface area contributed by atoms with E-state index < -0.39 is 8.40 Å². The van der Waals surface area contributed by atoms with Gasteiger partial charge in [-0.15, -0.1) is 11.5 Å². The standard InChI is InChI=1S/C26H22N4Si/c1-31(2,29-25(21-13-5-3-6-14-21)27-23-17-9-10-18-23)30-26(22-15-7-4-8-16-22)28-24-19-11-12-20-24/h3-17,19H,1-2H3/q-2. The van der Waals surface area contributed by atoms with Crippen molar-refractivity contribution in [2.24, 2.45) is 9.98 Å². The van der Waals surface area contributed by atoms with Gasteiger partial charge in [0.1, 0.15) is 0 Å². The molecule has 0 amide bonds. The molecule has 4 rings (SSSR count). The van der Waals surface area contributed by atoms with Crippen LogP contribution in [0.2, 0.25) is 13.1 Å². The molecule has 0 N–H and O–H groups in total. The van der Waals surface area contributed by atoms with Crippen LogP contribution in [-0.4, -0.2) is 20.1 Å². The Labute approximate surface area is 184 Å². The Morgan fingerprint density at radius 2 is 1.10 bits per heavy atom. The van der Waals surface area contributed by atoms with E-state index in [0.717, 1.165) is 22.5 Å². The van der Waals surface area contributed by atoms with Crippen molar-refractivity contribution in [3.8, 4) is 0 Å². The highest BCUT2D eigenvalue weighted by Crippen LogP contribution is 2.27. The van der Waals surface area contributed by atoms with Gasteiger partial charge in [0, 0.05) is 19.8 Å². The SMILES string of the molecule is C[Si](C)([N-]C(=NC1=C=CC=C1)c1ccccc1)[N-]C(=NC1=C=CC=C1)c1ccccc1. The summed E-state index contributed by atoms with van der Waals surface area (Å²) in [7, 11) is -2.50. The fourth-order valence-electron chi connectivity index (χ4n) is 3.03. The van der Waals surface area contributed by atoms with Crippen LogP contribution < -0.4 is 0 Å². The lowest BCUT2D eigenvalue weighted by molar-refractivity contribution is 1.41. The van der Waals surface area contributed by atoms with Gasteiger partial charge in [-0.2, -0.15) is 0 Å². The normalized spacial score (nSPS) is 15.3. The van der Waals surface area contributed by atoms with Crippen molar-refractivity contribution in [3.63, 3.8) is 0 Å². The summed E-state index contributed by atoms with van der Waals surface area (Å²) in [5, 5.41) is 0. The molecule has 0 atom stereocenters. The summed E-state index contributed by atoms with van der Waals surface area (Å²) >= 11 is 0. The number of benzene rings is 2. The highest BCUT2D eigenvalue weighted by molar-refractivity contribution is 6.93. The summed E-state index contributed by atoms with van der Waals surface area (Å²) in [6.45, 7) is 4.18. The summed E-state index contributed by atoms with van der Waals surface area (Å²) in [4.78, 5) is 19.6. The third-order valence-corrected chi connectivity index (χ3v) is 5.96. The van der Waals surface area contributed by atoms with E-state index in [0.29, 0.717) is 11.7 Å². The van der Waals surface area contributed by atoms with E-state index in [9.17, 15) is 0 Å². The molecule has 152 valence electrons. The van der Waals surface area contributed by atoms with Gasteiger partial charge in [0.15, 0.2) is 0 Å². The predicted octanol–water partition coefficient (Wildman–Crippen LogP) is 6.55. The first-order valence-electron chi connectivity index (χ1n) is 10.1. The van der Waals surface area contributed by atoms with Crippen LogP contribution in [0.25, 0.3) is 9.96 Å².